The summed E-state index contributed by atoms with van der Waals surface area (Å²) in [5, 5.41) is 0. The van der Waals surface area contributed by atoms with Crippen LogP contribution in [0.1, 0.15) is 12.0 Å². The molecular weight excluding hydrogens is 336 g/mol. The topological polar surface area (TPSA) is 26.3 Å². The lowest BCUT2D eigenvalue weighted by Crippen LogP contribution is -2.18. The van der Waals surface area contributed by atoms with E-state index in [-0.39, 0.29) is 12.2 Å². The van der Waals surface area contributed by atoms with Gasteiger partial charge in [0.2, 0.25) is 0 Å². The van der Waals surface area contributed by atoms with Crippen LogP contribution in [-0.2, 0) is 11.2 Å². The van der Waals surface area contributed by atoms with E-state index in [0.717, 1.165) is 6.29 Å². The summed E-state index contributed by atoms with van der Waals surface area (Å²) in [6.07, 6.45) is -3.27. The minimum absolute atomic E-state index is 0.225. The normalized spacial score (nSPS) is 11.2. The Hall–Kier alpha value is -0.790. The highest BCUT2D eigenvalue weighted by Crippen LogP contribution is 2.30. The highest BCUT2D eigenvalue weighted by molar-refractivity contribution is 14.1. The highest BCUT2D eigenvalue weighted by Gasteiger charge is 2.32. The molecule has 0 radical (unpaired) electrons. The molecule has 0 atom stereocenters. The molecule has 0 bridgehead atoms. The van der Waals surface area contributed by atoms with Crippen molar-refractivity contribution >= 4 is 28.9 Å². The number of hydrogen-bond acceptors (Lipinski definition) is 2. The first-order valence-corrected chi connectivity index (χ1v) is 5.48. The summed E-state index contributed by atoms with van der Waals surface area (Å²) >= 11 is 1.78. The first kappa shape index (κ1) is 13.3. The number of carbonyl (C=O) groups is 1. The van der Waals surface area contributed by atoms with Crippen molar-refractivity contribution in [2.24, 2.45) is 0 Å². The fourth-order valence-electron chi connectivity index (χ4n) is 1.17. The molecule has 0 spiro atoms. The number of aryl methyl sites for hydroxylation is 1. The van der Waals surface area contributed by atoms with Crippen molar-refractivity contribution in [3.8, 4) is 5.75 Å². The molecule has 0 saturated carbocycles. The van der Waals surface area contributed by atoms with Crippen molar-refractivity contribution in [1.29, 1.82) is 0 Å². The summed E-state index contributed by atoms with van der Waals surface area (Å²) in [6.45, 7) is 0. The molecule has 0 aliphatic rings. The van der Waals surface area contributed by atoms with Crippen molar-refractivity contribution in [2.45, 2.75) is 19.2 Å². The molecule has 1 aromatic rings. The van der Waals surface area contributed by atoms with Crippen LogP contribution in [0.25, 0.3) is 0 Å². The summed E-state index contributed by atoms with van der Waals surface area (Å²) in [6, 6.07) is 4.40. The van der Waals surface area contributed by atoms with E-state index in [1.54, 1.807) is 28.7 Å². The van der Waals surface area contributed by atoms with Gasteiger partial charge in [-0.3, -0.25) is 0 Å². The average molecular weight is 344 g/mol. The molecule has 0 aliphatic carbocycles. The fourth-order valence-corrected chi connectivity index (χ4v) is 1.91. The third-order valence-electron chi connectivity index (χ3n) is 1.80. The van der Waals surface area contributed by atoms with Gasteiger partial charge in [0.1, 0.15) is 12.0 Å². The van der Waals surface area contributed by atoms with Gasteiger partial charge in [0.15, 0.2) is 0 Å². The van der Waals surface area contributed by atoms with E-state index in [0.29, 0.717) is 15.6 Å². The molecule has 1 aromatic carbocycles. The molecule has 6 heteroatoms. The van der Waals surface area contributed by atoms with Crippen LogP contribution >= 0.6 is 22.6 Å². The maximum absolute atomic E-state index is 12.0. The largest absolute Gasteiger partial charge is 0.573 e. The molecule has 88 valence electrons. The molecule has 0 fully saturated rings. The van der Waals surface area contributed by atoms with Crippen LogP contribution in [0.4, 0.5) is 13.2 Å². The summed E-state index contributed by atoms with van der Waals surface area (Å²) in [5.41, 5.74) is 0.675. The molecule has 2 nitrogen and oxygen atoms in total. The predicted molar refractivity (Wildman–Crippen MR) is 60.2 cm³/mol. The van der Waals surface area contributed by atoms with Crippen molar-refractivity contribution in [2.75, 3.05) is 0 Å². The molecule has 16 heavy (non-hydrogen) atoms. The Labute approximate surface area is 104 Å². The van der Waals surface area contributed by atoms with Gasteiger partial charge in [0.25, 0.3) is 0 Å². The lowest BCUT2D eigenvalue weighted by atomic mass is 10.1. The molecule has 0 N–H and O–H groups in total. The molecule has 0 unspecified atom stereocenters. The Morgan fingerprint density at radius 2 is 2.06 bits per heavy atom. The van der Waals surface area contributed by atoms with Gasteiger partial charge in [-0.2, -0.15) is 0 Å². The summed E-state index contributed by atoms with van der Waals surface area (Å²) in [4.78, 5) is 10.2. The van der Waals surface area contributed by atoms with Gasteiger partial charge in [-0.25, -0.2) is 0 Å². The minimum Gasteiger partial charge on any atom is -0.405 e. The SMILES string of the molecule is O=CCCc1cccc(OC(F)(F)F)c1I. The Kier molecular flexibility index (Phi) is 4.57. The van der Waals surface area contributed by atoms with Crippen LogP contribution < -0.4 is 4.74 Å². The molecular formula is C10H8F3IO2. The van der Waals surface area contributed by atoms with Crippen molar-refractivity contribution in [3.63, 3.8) is 0 Å². The van der Waals surface area contributed by atoms with Crippen LogP contribution in [0.3, 0.4) is 0 Å². The number of rotatable bonds is 4. The zero-order valence-electron chi connectivity index (χ0n) is 8.05. The van der Waals surface area contributed by atoms with E-state index in [2.05, 4.69) is 4.74 Å². The molecule has 1 rings (SSSR count). The Morgan fingerprint density at radius 1 is 1.38 bits per heavy atom. The van der Waals surface area contributed by atoms with Crippen molar-refractivity contribution in [3.05, 3.63) is 27.3 Å². The van der Waals surface area contributed by atoms with Gasteiger partial charge >= 0.3 is 6.36 Å². The maximum Gasteiger partial charge on any atom is 0.573 e. The van der Waals surface area contributed by atoms with E-state index in [1.165, 1.54) is 12.1 Å². The number of alkyl halides is 3. The molecule has 0 aliphatic heterocycles. The Bertz CT molecular complexity index is 377. The van der Waals surface area contributed by atoms with Gasteiger partial charge in [-0.15, -0.1) is 13.2 Å². The highest BCUT2D eigenvalue weighted by atomic mass is 127. The fraction of sp³-hybridized carbons (Fsp3) is 0.300. The first-order valence-electron chi connectivity index (χ1n) is 4.41. The van der Waals surface area contributed by atoms with Gasteiger partial charge in [-0.1, -0.05) is 12.1 Å². The number of aldehydes is 1. The van der Waals surface area contributed by atoms with Gasteiger partial charge in [0, 0.05) is 6.42 Å². The number of hydrogen-bond donors (Lipinski definition) is 0. The monoisotopic (exact) mass is 344 g/mol. The number of benzene rings is 1. The number of carbonyl (C=O) groups excluding carboxylic acids is 1. The van der Waals surface area contributed by atoms with Gasteiger partial charge in [-0.05, 0) is 40.6 Å². The van der Waals surface area contributed by atoms with Crippen molar-refractivity contribution < 1.29 is 22.7 Å². The lowest BCUT2D eigenvalue weighted by molar-refractivity contribution is -0.275. The molecule has 0 aromatic heterocycles. The van der Waals surface area contributed by atoms with Crippen LogP contribution in [0.5, 0.6) is 5.75 Å². The van der Waals surface area contributed by atoms with E-state index < -0.39 is 6.36 Å². The second kappa shape index (κ2) is 5.51. The summed E-state index contributed by atoms with van der Waals surface area (Å²) < 4.78 is 40.3. The summed E-state index contributed by atoms with van der Waals surface area (Å²) in [5.74, 6) is -0.225. The third kappa shape index (κ3) is 3.99. The predicted octanol–water partition coefficient (Wildman–Crippen LogP) is 3.32. The van der Waals surface area contributed by atoms with Crippen LogP contribution in [0.15, 0.2) is 18.2 Å². The zero-order valence-corrected chi connectivity index (χ0v) is 10.2. The van der Waals surface area contributed by atoms with Crippen LogP contribution in [-0.4, -0.2) is 12.6 Å². The standard InChI is InChI=1S/C10H8F3IO2/c11-10(12,13)16-8-5-1-3-7(9(8)14)4-2-6-15/h1,3,5-6H,2,4H2. The first-order chi connectivity index (χ1) is 7.44. The van der Waals surface area contributed by atoms with Crippen LogP contribution in [0.2, 0.25) is 0 Å². The molecule has 0 amide bonds. The smallest absolute Gasteiger partial charge is 0.405 e. The van der Waals surface area contributed by atoms with E-state index >= 15 is 0 Å². The van der Waals surface area contributed by atoms with E-state index in [1.807, 2.05) is 0 Å². The van der Waals surface area contributed by atoms with Gasteiger partial charge < -0.3 is 9.53 Å². The van der Waals surface area contributed by atoms with E-state index in [9.17, 15) is 18.0 Å². The Morgan fingerprint density at radius 3 is 2.62 bits per heavy atom. The average Bonchev–Trinajstić information content (AvgIpc) is 2.17. The minimum atomic E-state index is -4.69. The number of ether oxygens (including phenoxy) is 1. The summed E-state index contributed by atoms with van der Waals surface area (Å²) in [7, 11) is 0. The second-order valence-corrected chi connectivity index (χ2v) is 4.06. The van der Waals surface area contributed by atoms with E-state index in [4.69, 9.17) is 0 Å². The Balaban J connectivity index is 2.90. The third-order valence-corrected chi connectivity index (χ3v) is 3.02. The maximum atomic E-state index is 12.0. The molecule has 0 saturated heterocycles. The zero-order chi connectivity index (χ0) is 12.2. The quantitative estimate of drug-likeness (QED) is 0.619. The van der Waals surface area contributed by atoms with Gasteiger partial charge in [0.05, 0.1) is 3.57 Å². The van der Waals surface area contributed by atoms with Crippen molar-refractivity contribution in [1.82, 2.24) is 0 Å². The second-order valence-electron chi connectivity index (χ2n) is 2.98. The lowest BCUT2D eigenvalue weighted by Gasteiger charge is -2.12. The number of halogens is 4. The van der Waals surface area contributed by atoms with Crippen LogP contribution in [0, 0.1) is 3.57 Å². The molecule has 0 heterocycles.